The van der Waals surface area contributed by atoms with Crippen molar-refractivity contribution in [3.8, 4) is 0 Å². The third-order valence-electron chi connectivity index (χ3n) is 5.35. The van der Waals surface area contributed by atoms with Gasteiger partial charge in [-0.1, -0.05) is 13.3 Å². The third-order valence-corrected chi connectivity index (χ3v) is 5.35. The van der Waals surface area contributed by atoms with Crippen LogP contribution < -0.4 is 0 Å². The standard InChI is InChI=1S/C12H18O/c1-11-8-9-4-2-6-12(9,11)7-3-5-10(11)13/h9H,2-8H2,1H3. The second kappa shape index (κ2) is 2.18. The van der Waals surface area contributed by atoms with Gasteiger partial charge in [0.05, 0.1) is 0 Å². The number of rotatable bonds is 0. The maximum absolute atomic E-state index is 11.9. The molecule has 0 saturated heterocycles. The molecule has 0 heterocycles. The Hall–Kier alpha value is -0.330. The maximum atomic E-state index is 11.9. The summed E-state index contributed by atoms with van der Waals surface area (Å²) in [5.41, 5.74) is 0.606. The molecule has 1 nitrogen and oxygen atoms in total. The molecule has 13 heavy (non-hydrogen) atoms. The molecule has 0 aromatic heterocycles. The predicted octanol–water partition coefficient (Wildman–Crippen LogP) is 2.94. The van der Waals surface area contributed by atoms with Gasteiger partial charge in [-0.05, 0) is 43.4 Å². The van der Waals surface area contributed by atoms with Crippen molar-refractivity contribution >= 4 is 5.78 Å². The quantitative estimate of drug-likeness (QED) is 0.557. The normalized spacial score (nSPS) is 53.9. The van der Waals surface area contributed by atoms with Crippen LogP contribution in [0.5, 0.6) is 0 Å². The van der Waals surface area contributed by atoms with Crippen LogP contribution in [-0.4, -0.2) is 5.78 Å². The lowest BCUT2D eigenvalue weighted by Crippen LogP contribution is -2.60. The van der Waals surface area contributed by atoms with Gasteiger partial charge in [-0.3, -0.25) is 4.79 Å². The van der Waals surface area contributed by atoms with Gasteiger partial charge in [0.1, 0.15) is 5.78 Å². The van der Waals surface area contributed by atoms with Crippen LogP contribution in [0.3, 0.4) is 0 Å². The fourth-order valence-corrected chi connectivity index (χ4v) is 4.57. The van der Waals surface area contributed by atoms with E-state index >= 15 is 0 Å². The van der Waals surface area contributed by atoms with Crippen LogP contribution in [-0.2, 0) is 4.79 Å². The monoisotopic (exact) mass is 178 g/mol. The Bertz CT molecular complexity index is 270. The number of carbonyl (C=O) groups is 1. The Morgan fingerprint density at radius 1 is 1.31 bits per heavy atom. The molecular formula is C12H18O. The van der Waals surface area contributed by atoms with Crippen molar-refractivity contribution in [1.82, 2.24) is 0 Å². The summed E-state index contributed by atoms with van der Waals surface area (Å²) < 4.78 is 0. The summed E-state index contributed by atoms with van der Waals surface area (Å²) >= 11 is 0. The lowest BCUT2D eigenvalue weighted by atomic mass is 9.40. The molecule has 3 atom stereocenters. The Morgan fingerprint density at radius 2 is 2.08 bits per heavy atom. The summed E-state index contributed by atoms with van der Waals surface area (Å²) in [4.78, 5) is 11.9. The minimum atomic E-state index is 0.117. The zero-order valence-electron chi connectivity index (χ0n) is 8.44. The van der Waals surface area contributed by atoms with Gasteiger partial charge < -0.3 is 0 Å². The molecule has 0 bridgehead atoms. The van der Waals surface area contributed by atoms with E-state index in [1.807, 2.05) is 0 Å². The molecular weight excluding hydrogens is 160 g/mol. The highest BCUT2D eigenvalue weighted by atomic mass is 16.1. The first-order valence-corrected chi connectivity index (χ1v) is 5.72. The van der Waals surface area contributed by atoms with Gasteiger partial charge in [0.2, 0.25) is 0 Å². The van der Waals surface area contributed by atoms with E-state index in [-0.39, 0.29) is 5.41 Å². The van der Waals surface area contributed by atoms with Gasteiger partial charge >= 0.3 is 0 Å². The van der Waals surface area contributed by atoms with Crippen LogP contribution in [0, 0.1) is 16.7 Å². The van der Waals surface area contributed by atoms with E-state index in [9.17, 15) is 4.79 Å². The van der Waals surface area contributed by atoms with Crippen molar-refractivity contribution < 1.29 is 4.79 Å². The van der Waals surface area contributed by atoms with E-state index in [0.29, 0.717) is 11.2 Å². The molecule has 0 aliphatic heterocycles. The highest BCUT2D eigenvalue weighted by Crippen LogP contribution is 2.72. The van der Waals surface area contributed by atoms with Crippen molar-refractivity contribution in [2.75, 3.05) is 0 Å². The largest absolute Gasteiger partial charge is 0.299 e. The maximum Gasteiger partial charge on any atom is 0.139 e. The highest BCUT2D eigenvalue weighted by molar-refractivity contribution is 5.87. The van der Waals surface area contributed by atoms with Crippen molar-refractivity contribution in [3.63, 3.8) is 0 Å². The summed E-state index contributed by atoms with van der Waals surface area (Å²) in [5.74, 6) is 1.50. The molecule has 0 aromatic carbocycles. The third kappa shape index (κ3) is 0.693. The number of Topliss-reactive ketones (excluding diaryl/α,β-unsaturated/α-hetero) is 1. The molecule has 3 fully saturated rings. The van der Waals surface area contributed by atoms with Crippen molar-refractivity contribution in [1.29, 1.82) is 0 Å². The first-order valence-electron chi connectivity index (χ1n) is 5.72. The highest BCUT2D eigenvalue weighted by Gasteiger charge is 2.67. The summed E-state index contributed by atoms with van der Waals surface area (Å²) in [6.45, 7) is 2.25. The van der Waals surface area contributed by atoms with Gasteiger partial charge in [0.15, 0.2) is 0 Å². The van der Waals surface area contributed by atoms with Crippen LogP contribution in [0.15, 0.2) is 0 Å². The van der Waals surface area contributed by atoms with E-state index in [1.165, 1.54) is 38.5 Å². The van der Waals surface area contributed by atoms with Crippen LogP contribution >= 0.6 is 0 Å². The molecule has 0 N–H and O–H groups in total. The molecule has 3 rings (SSSR count). The SMILES string of the molecule is CC12CC3CCCC31CCCC2=O. The molecule has 0 amide bonds. The van der Waals surface area contributed by atoms with E-state index in [1.54, 1.807) is 0 Å². The predicted molar refractivity (Wildman–Crippen MR) is 51.4 cm³/mol. The number of hydrogen-bond donors (Lipinski definition) is 0. The second-order valence-electron chi connectivity index (χ2n) is 5.56. The molecule has 0 radical (unpaired) electrons. The van der Waals surface area contributed by atoms with Crippen molar-refractivity contribution in [2.24, 2.45) is 16.7 Å². The Morgan fingerprint density at radius 3 is 2.85 bits per heavy atom. The summed E-state index contributed by atoms with van der Waals surface area (Å²) in [5, 5.41) is 0. The molecule has 3 saturated carbocycles. The fourth-order valence-electron chi connectivity index (χ4n) is 4.57. The lowest BCUT2D eigenvalue weighted by Gasteiger charge is -2.62. The summed E-state index contributed by atoms with van der Waals surface area (Å²) in [6.07, 6.45) is 8.73. The van der Waals surface area contributed by atoms with Crippen LogP contribution in [0.1, 0.15) is 51.9 Å². The van der Waals surface area contributed by atoms with Crippen LogP contribution in [0.2, 0.25) is 0 Å². The Labute approximate surface area is 79.9 Å². The van der Waals surface area contributed by atoms with Gasteiger partial charge in [-0.2, -0.15) is 0 Å². The van der Waals surface area contributed by atoms with Crippen molar-refractivity contribution in [2.45, 2.75) is 51.9 Å². The zero-order valence-corrected chi connectivity index (χ0v) is 8.44. The Balaban J connectivity index is 2.01. The Kier molecular flexibility index (Phi) is 1.35. The average molecular weight is 178 g/mol. The van der Waals surface area contributed by atoms with Crippen LogP contribution in [0.4, 0.5) is 0 Å². The van der Waals surface area contributed by atoms with E-state index in [0.717, 1.165) is 12.3 Å². The molecule has 3 unspecified atom stereocenters. The smallest absolute Gasteiger partial charge is 0.139 e. The topological polar surface area (TPSA) is 17.1 Å². The molecule has 72 valence electrons. The van der Waals surface area contributed by atoms with Gasteiger partial charge in [0.25, 0.3) is 0 Å². The average Bonchev–Trinajstić information content (AvgIpc) is 2.40. The summed E-state index contributed by atoms with van der Waals surface area (Å²) in [7, 11) is 0. The lowest BCUT2D eigenvalue weighted by molar-refractivity contribution is -0.172. The minimum absolute atomic E-state index is 0.117. The van der Waals surface area contributed by atoms with E-state index < -0.39 is 0 Å². The number of ketones is 1. The molecule has 1 spiro atoms. The fraction of sp³-hybridized carbons (Fsp3) is 0.917. The van der Waals surface area contributed by atoms with Gasteiger partial charge in [-0.25, -0.2) is 0 Å². The molecule has 0 aromatic rings. The molecule has 3 aliphatic rings. The second-order valence-corrected chi connectivity index (χ2v) is 5.56. The van der Waals surface area contributed by atoms with E-state index in [4.69, 9.17) is 0 Å². The van der Waals surface area contributed by atoms with Gasteiger partial charge in [0, 0.05) is 11.8 Å². The summed E-state index contributed by atoms with van der Waals surface area (Å²) in [6, 6.07) is 0. The number of hydrogen-bond acceptors (Lipinski definition) is 1. The van der Waals surface area contributed by atoms with Crippen LogP contribution in [0.25, 0.3) is 0 Å². The van der Waals surface area contributed by atoms with Gasteiger partial charge in [-0.15, -0.1) is 0 Å². The minimum Gasteiger partial charge on any atom is -0.299 e. The number of carbonyl (C=O) groups excluding carboxylic acids is 1. The van der Waals surface area contributed by atoms with Crippen molar-refractivity contribution in [3.05, 3.63) is 0 Å². The first kappa shape index (κ1) is 8.02. The van der Waals surface area contributed by atoms with E-state index in [2.05, 4.69) is 6.92 Å². The first-order chi connectivity index (χ1) is 6.19. The molecule has 1 heteroatoms. The zero-order chi connectivity index (χ0) is 9.10. The molecule has 3 aliphatic carbocycles.